The van der Waals surface area contributed by atoms with Crippen LogP contribution in [0, 0.1) is 0 Å². The standard InChI is InChI=1S/C45H39N7O2/c53-44(51-23-9-3-10-24-51)32-17-20-35-38(27-32)47-42(30-13-5-1-6-14-30)49-40(35)34-19-22-37(46-29-34)41-36-21-18-33(45(54)52-25-11-4-12-26-52)28-39(36)48-43(50-41)31-15-7-2-8-16-31/h1-2,5-8,13-22,27-29H,3-4,9-12,23-26H2. The zero-order chi connectivity index (χ0) is 36.4. The Bertz CT molecular complexity index is 2320. The SMILES string of the molecule is O=C(c1ccc2c(-c3ccc(-c4nc(-c5ccccc5)nc5cc(C(=O)N6CCCCC6)ccc45)nc3)nc(-c3ccccc3)nc2c1)N1CCCCC1. The second kappa shape index (κ2) is 14.6. The molecule has 3 aromatic heterocycles. The Balaban J connectivity index is 1.13. The maximum Gasteiger partial charge on any atom is 0.253 e. The van der Waals surface area contributed by atoms with Crippen LogP contribution in [-0.4, -0.2) is 72.7 Å². The van der Waals surface area contributed by atoms with E-state index in [9.17, 15) is 9.59 Å². The van der Waals surface area contributed by atoms with Crippen LogP contribution in [0.15, 0.2) is 115 Å². The summed E-state index contributed by atoms with van der Waals surface area (Å²) >= 11 is 0. The number of hydrogen-bond donors (Lipinski definition) is 0. The molecule has 0 unspecified atom stereocenters. The topological polar surface area (TPSA) is 105 Å². The predicted octanol–water partition coefficient (Wildman–Crippen LogP) is 8.89. The maximum absolute atomic E-state index is 13.5. The number of rotatable bonds is 6. The first-order chi connectivity index (χ1) is 26.6. The van der Waals surface area contributed by atoms with E-state index in [4.69, 9.17) is 24.9 Å². The molecule has 4 aromatic carbocycles. The molecule has 2 aliphatic rings. The van der Waals surface area contributed by atoms with Crippen molar-refractivity contribution in [1.82, 2.24) is 34.7 Å². The molecule has 0 atom stereocenters. The van der Waals surface area contributed by atoms with E-state index in [-0.39, 0.29) is 11.8 Å². The quantitative estimate of drug-likeness (QED) is 0.170. The van der Waals surface area contributed by atoms with Crippen LogP contribution in [0.1, 0.15) is 59.2 Å². The monoisotopic (exact) mass is 709 g/mol. The minimum atomic E-state index is 0.0374. The predicted molar refractivity (Wildman–Crippen MR) is 212 cm³/mol. The lowest BCUT2D eigenvalue weighted by Crippen LogP contribution is -2.35. The molecule has 9 rings (SSSR count). The van der Waals surface area contributed by atoms with E-state index in [0.29, 0.717) is 45.2 Å². The number of amides is 2. The number of pyridine rings is 1. The molecule has 266 valence electrons. The smallest absolute Gasteiger partial charge is 0.253 e. The Morgan fingerprint density at radius 1 is 0.463 bits per heavy atom. The van der Waals surface area contributed by atoms with Crippen molar-refractivity contribution in [2.75, 3.05) is 26.2 Å². The molecule has 0 saturated carbocycles. The first-order valence-corrected chi connectivity index (χ1v) is 18.9. The van der Waals surface area contributed by atoms with Crippen LogP contribution in [0.2, 0.25) is 0 Å². The molecular formula is C45H39N7O2. The van der Waals surface area contributed by atoms with Gasteiger partial charge >= 0.3 is 0 Å². The van der Waals surface area contributed by atoms with Gasteiger partial charge in [-0.25, -0.2) is 19.9 Å². The normalized spacial score (nSPS) is 14.7. The fraction of sp³-hybridized carbons (Fsp3) is 0.222. The third kappa shape index (κ3) is 6.58. The van der Waals surface area contributed by atoms with Gasteiger partial charge in [0, 0.05) is 71.0 Å². The first-order valence-electron chi connectivity index (χ1n) is 18.9. The second-order valence-electron chi connectivity index (χ2n) is 14.1. The summed E-state index contributed by atoms with van der Waals surface area (Å²) in [5, 5.41) is 1.65. The number of benzene rings is 4. The number of piperidine rings is 2. The van der Waals surface area contributed by atoms with Gasteiger partial charge in [0.15, 0.2) is 11.6 Å². The lowest BCUT2D eigenvalue weighted by Gasteiger charge is -2.26. The van der Waals surface area contributed by atoms with Crippen molar-refractivity contribution < 1.29 is 9.59 Å². The van der Waals surface area contributed by atoms with Gasteiger partial charge in [-0.2, -0.15) is 0 Å². The number of hydrogen-bond acceptors (Lipinski definition) is 7. The molecule has 54 heavy (non-hydrogen) atoms. The second-order valence-corrected chi connectivity index (χ2v) is 14.1. The lowest BCUT2D eigenvalue weighted by molar-refractivity contribution is 0.0717. The van der Waals surface area contributed by atoms with Crippen molar-refractivity contribution >= 4 is 33.6 Å². The van der Waals surface area contributed by atoms with Crippen LogP contribution in [0.3, 0.4) is 0 Å². The van der Waals surface area contributed by atoms with Crippen LogP contribution < -0.4 is 0 Å². The molecule has 0 bridgehead atoms. The number of nitrogens with zero attached hydrogens (tertiary/aromatic N) is 7. The fourth-order valence-electron chi connectivity index (χ4n) is 7.61. The van der Waals surface area contributed by atoms with Gasteiger partial charge in [0.05, 0.1) is 22.4 Å². The van der Waals surface area contributed by atoms with Crippen LogP contribution in [-0.2, 0) is 0 Å². The molecule has 2 fully saturated rings. The molecule has 0 aliphatic carbocycles. The minimum Gasteiger partial charge on any atom is -0.339 e. The van der Waals surface area contributed by atoms with E-state index in [1.165, 1.54) is 0 Å². The largest absolute Gasteiger partial charge is 0.339 e. The molecule has 5 heterocycles. The zero-order valence-corrected chi connectivity index (χ0v) is 30.0. The van der Waals surface area contributed by atoms with Gasteiger partial charge < -0.3 is 9.80 Å². The summed E-state index contributed by atoms with van der Waals surface area (Å²) in [7, 11) is 0. The number of carbonyl (C=O) groups excluding carboxylic acids is 2. The van der Waals surface area contributed by atoms with Gasteiger partial charge in [-0.1, -0.05) is 60.7 Å². The Hall–Kier alpha value is -6.35. The van der Waals surface area contributed by atoms with E-state index >= 15 is 0 Å². The van der Waals surface area contributed by atoms with E-state index in [2.05, 4.69) is 0 Å². The van der Waals surface area contributed by atoms with Crippen molar-refractivity contribution in [3.63, 3.8) is 0 Å². The zero-order valence-electron chi connectivity index (χ0n) is 30.0. The highest BCUT2D eigenvalue weighted by molar-refractivity contribution is 6.02. The third-order valence-electron chi connectivity index (χ3n) is 10.5. The van der Waals surface area contributed by atoms with Crippen molar-refractivity contribution in [3.8, 4) is 45.4 Å². The van der Waals surface area contributed by atoms with E-state index in [1.54, 1.807) is 0 Å². The number of aromatic nitrogens is 5. The number of likely N-dealkylation sites (tertiary alicyclic amines) is 2. The summed E-state index contributed by atoms with van der Waals surface area (Å²) in [6, 6.07) is 35.2. The van der Waals surface area contributed by atoms with E-state index < -0.39 is 0 Å². The van der Waals surface area contributed by atoms with Crippen molar-refractivity contribution in [2.24, 2.45) is 0 Å². The molecule has 0 radical (unpaired) electrons. The van der Waals surface area contributed by atoms with Crippen LogP contribution in [0.5, 0.6) is 0 Å². The fourth-order valence-corrected chi connectivity index (χ4v) is 7.61. The summed E-state index contributed by atoms with van der Waals surface area (Å²) in [6.45, 7) is 3.13. The van der Waals surface area contributed by atoms with Crippen LogP contribution in [0.25, 0.3) is 67.2 Å². The lowest BCUT2D eigenvalue weighted by atomic mass is 10.0. The molecule has 0 N–H and O–H groups in total. The Kier molecular flexibility index (Phi) is 9.04. The molecule has 7 aromatic rings. The van der Waals surface area contributed by atoms with Gasteiger partial charge in [0.25, 0.3) is 11.8 Å². The Morgan fingerprint density at radius 2 is 0.944 bits per heavy atom. The minimum absolute atomic E-state index is 0.0374. The molecule has 2 aliphatic heterocycles. The molecule has 0 spiro atoms. The first kappa shape index (κ1) is 33.5. The maximum atomic E-state index is 13.5. The highest BCUT2D eigenvalue weighted by atomic mass is 16.2. The summed E-state index contributed by atoms with van der Waals surface area (Å²) in [5.74, 6) is 1.22. The molecule has 9 nitrogen and oxygen atoms in total. The average molecular weight is 710 g/mol. The summed E-state index contributed by atoms with van der Waals surface area (Å²) < 4.78 is 0. The van der Waals surface area contributed by atoms with Crippen LogP contribution in [0.4, 0.5) is 0 Å². The molecular weight excluding hydrogens is 671 g/mol. The van der Waals surface area contributed by atoms with Crippen LogP contribution >= 0.6 is 0 Å². The van der Waals surface area contributed by atoms with Gasteiger partial charge in [-0.3, -0.25) is 14.6 Å². The summed E-state index contributed by atoms with van der Waals surface area (Å²) in [4.78, 5) is 55.9. The van der Waals surface area contributed by atoms with Gasteiger partial charge in [-0.15, -0.1) is 0 Å². The molecule has 2 amide bonds. The third-order valence-corrected chi connectivity index (χ3v) is 10.5. The van der Waals surface area contributed by atoms with Gasteiger partial charge in [0.1, 0.15) is 5.69 Å². The highest BCUT2D eigenvalue weighted by Crippen LogP contribution is 2.33. The average Bonchev–Trinajstić information content (AvgIpc) is 3.26. The molecule has 2 saturated heterocycles. The van der Waals surface area contributed by atoms with E-state index in [0.717, 1.165) is 97.9 Å². The van der Waals surface area contributed by atoms with E-state index in [1.807, 2.05) is 125 Å². The molecule has 9 heteroatoms. The van der Waals surface area contributed by atoms with Crippen molar-refractivity contribution in [3.05, 3.63) is 127 Å². The van der Waals surface area contributed by atoms with Gasteiger partial charge in [0.2, 0.25) is 0 Å². The Morgan fingerprint density at radius 3 is 1.43 bits per heavy atom. The van der Waals surface area contributed by atoms with Gasteiger partial charge in [-0.05, 0) is 87.1 Å². The number of fused-ring (bicyclic) bond motifs is 2. The summed E-state index contributed by atoms with van der Waals surface area (Å²) in [6.07, 6.45) is 8.27. The van der Waals surface area contributed by atoms with Crippen molar-refractivity contribution in [1.29, 1.82) is 0 Å². The highest BCUT2D eigenvalue weighted by Gasteiger charge is 2.22. The summed E-state index contributed by atoms with van der Waals surface area (Å²) in [5.41, 5.74) is 7.32. The van der Waals surface area contributed by atoms with Crippen molar-refractivity contribution in [2.45, 2.75) is 38.5 Å². The Labute approximate surface area is 313 Å². The number of carbonyl (C=O) groups is 2.